The second-order valence-corrected chi connectivity index (χ2v) is 6.96. The van der Waals surface area contributed by atoms with E-state index in [0.29, 0.717) is 11.3 Å². The van der Waals surface area contributed by atoms with Crippen molar-refractivity contribution >= 4 is 17.3 Å². The Labute approximate surface area is 162 Å². The molecule has 0 saturated heterocycles. The van der Waals surface area contributed by atoms with Crippen LogP contribution in [0.3, 0.4) is 0 Å². The van der Waals surface area contributed by atoms with Crippen LogP contribution in [0.1, 0.15) is 39.9 Å². The lowest BCUT2D eigenvalue weighted by Gasteiger charge is -2.38. The van der Waals surface area contributed by atoms with Crippen molar-refractivity contribution in [3.05, 3.63) is 75.4 Å². The molecule has 7 nitrogen and oxygen atoms in total. The van der Waals surface area contributed by atoms with Crippen molar-refractivity contribution in [3.63, 3.8) is 0 Å². The van der Waals surface area contributed by atoms with Crippen molar-refractivity contribution < 1.29 is 19.2 Å². The van der Waals surface area contributed by atoms with Gasteiger partial charge in [0.1, 0.15) is 5.75 Å². The number of benzene rings is 2. The highest BCUT2D eigenvalue weighted by atomic mass is 16.6. The lowest BCUT2D eigenvalue weighted by molar-refractivity contribution is -0.385. The van der Waals surface area contributed by atoms with Gasteiger partial charge in [0.05, 0.1) is 42.5 Å². The zero-order valence-electron chi connectivity index (χ0n) is 15.5. The lowest BCUT2D eigenvalue weighted by atomic mass is 9.76. The SMILES string of the molecule is COC(=O)c1ccc(C2Nc3c(OC)cc([N+](=O)[O-])cc3C3C=CCC32)cc1. The molecule has 0 amide bonds. The molecule has 3 atom stereocenters. The van der Waals surface area contributed by atoms with E-state index in [1.54, 1.807) is 18.2 Å². The lowest BCUT2D eigenvalue weighted by Crippen LogP contribution is -2.29. The summed E-state index contributed by atoms with van der Waals surface area (Å²) in [4.78, 5) is 22.6. The van der Waals surface area contributed by atoms with Gasteiger partial charge < -0.3 is 14.8 Å². The average molecular weight is 380 g/mol. The van der Waals surface area contributed by atoms with Crippen LogP contribution in [0.4, 0.5) is 11.4 Å². The van der Waals surface area contributed by atoms with Gasteiger partial charge in [0.25, 0.3) is 5.69 Å². The normalized spacial score (nSPS) is 22.0. The van der Waals surface area contributed by atoms with Crippen LogP contribution in [0, 0.1) is 16.0 Å². The molecule has 3 unspecified atom stereocenters. The fourth-order valence-electron chi connectivity index (χ4n) is 4.19. The van der Waals surface area contributed by atoms with E-state index in [1.807, 2.05) is 12.1 Å². The number of nitrogens with zero attached hydrogens (tertiary/aromatic N) is 1. The zero-order chi connectivity index (χ0) is 19.8. The predicted molar refractivity (Wildman–Crippen MR) is 104 cm³/mol. The molecule has 4 rings (SSSR count). The molecule has 1 aliphatic carbocycles. The molecule has 2 aromatic rings. The first kappa shape index (κ1) is 18.0. The Bertz CT molecular complexity index is 968. The molecule has 0 fully saturated rings. The number of nitro benzene ring substituents is 1. The van der Waals surface area contributed by atoms with Crippen LogP contribution in [-0.4, -0.2) is 25.1 Å². The Morgan fingerprint density at radius 3 is 2.61 bits per heavy atom. The number of rotatable bonds is 4. The zero-order valence-corrected chi connectivity index (χ0v) is 15.5. The molecule has 1 N–H and O–H groups in total. The van der Waals surface area contributed by atoms with Gasteiger partial charge in [-0.25, -0.2) is 4.79 Å². The maximum atomic E-state index is 11.7. The van der Waals surface area contributed by atoms with E-state index in [4.69, 9.17) is 9.47 Å². The van der Waals surface area contributed by atoms with Crippen molar-refractivity contribution in [2.24, 2.45) is 5.92 Å². The molecule has 1 heterocycles. The molecule has 0 aromatic heterocycles. The van der Waals surface area contributed by atoms with Gasteiger partial charge >= 0.3 is 5.97 Å². The number of esters is 1. The molecule has 144 valence electrons. The number of anilines is 1. The van der Waals surface area contributed by atoms with Crippen molar-refractivity contribution in [2.45, 2.75) is 18.4 Å². The van der Waals surface area contributed by atoms with E-state index in [2.05, 4.69) is 17.5 Å². The average Bonchev–Trinajstić information content (AvgIpc) is 3.22. The summed E-state index contributed by atoms with van der Waals surface area (Å²) in [5.41, 5.74) is 3.22. The van der Waals surface area contributed by atoms with Crippen molar-refractivity contribution in [1.29, 1.82) is 0 Å². The quantitative estimate of drug-likeness (QED) is 0.370. The largest absolute Gasteiger partial charge is 0.494 e. The topological polar surface area (TPSA) is 90.7 Å². The van der Waals surface area contributed by atoms with E-state index >= 15 is 0 Å². The van der Waals surface area contributed by atoms with Crippen LogP contribution >= 0.6 is 0 Å². The number of non-ortho nitro benzene ring substituents is 1. The van der Waals surface area contributed by atoms with E-state index in [0.717, 1.165) is 23.2 Å². The monoisotopic (exact) mass is 380 g/mol. The van der Waals surface area contributed by atoms with Crippen LogP contribution in [0.25, 0.3) is 0 Å². The van der Waals surface area contributed by atoms with E-state index < -0.39 is 4.92 Å². The molecule has 28 heavy (non-hydrogen) atoms. The molecular formula is C21H20N2O5. The molecule has 1 aliphatic heterocycles. The smallest absolute Gasteiger partial charge is 0.337 e. The number of ether oxygens (including phenoxy) is 2. The van der Waals surface area contributed by atoms with Gasteiger partial charge in [0.15, 0.2) is 0 Å². The number of nitro groups is 1. The first-order valence-electron chi connectivity index (χ1n) is 9.01. The van der Waals surface area contributed by atoms with Crippen LogP contribution in [0.5, 0.6) is 5.75 Å². The van der Waals surface area contributed by atoms with Gasteiger partial charge in [-0.1, -0.05) is 24.3 Å². The molecule has 0 saturated carbocycles. The minimum absolute atomic E-state index is 0.00504. The third kappa shape index (κ3) is 2.89. The minimum Gasteiger partial charge on any atom is -0.494 e. The second kappa shape index (κ2) is 6.99. The first-order valence-corrected chi connectivity index (χ1v) is 9.01. The summed E-state index contributed by atoms with van der Waals surface area (Å²) >= 11 is 0. The summed E-state index contributed by atoms with van der Waals surface area (Å²) < 4.78 is 10.2. The van der Waals surface area contributed by atoms with E-state index in [-0.39, 0.29) is 29.5 Å². The Morgan fingerprint density at radius 2 is 1.96 bits per heavy atom. The Hall–Kier alpha value is -3.35. The van der Waals surface area contributed by atoms with Crippen LogP contribution in [0.2, 0.25) is 0 Å². The number of carbonyl (C=O) groups excluding carboxylic acids is 1. The fraction of sp³-hybridized carbons (Fsp3) is 0.286. The number of carbonyl (C=O) groups is 1. The van der Waals surface area contributed by atoms with Crippen LogP contribution in [0.15, 0.2) is 48.6 Å². The fourth-order valence-corrected chi connectivity index (χ4v) is 4.19. The Morgan fingerprint density at radius 1 is 1.21 bits per heavy atom. The summed E-state index contributed by atoms with van der Waals surface area (Å²) in [5, 5.41) is 14.8. The van der Waals surface area contributed by atoms with Gasteiger partial charge in [0, 0.05) is 12.0 Å². The third-order valence-electron chi connectivity index (χ3n) is 5.54. The number of hydrogen-bond donors (Lipinski definition) is 1. The van der Waals surface area contributed by atoms with Crippen LogP contribution < -0.4 is 10.1 Å². The minimum atomic E-state index is -0.395. The standard InChI is InChI=1S/C21H20N2O5/c1-27-18-11-14(23(25)26)10-17-15-4-3-5-16(15)19(22-20(17)18)12-6-8-13(9-7-12)21(24)28-2/h3-4,6-11,15-16,19,22H,5H2,1-2H3. The molecule has 0 spiro atoms. The second-order valence-electron chi connectivity index (χ2n) is 6.96. The van der Waals surface area contributed by atoms with Crippen LogP contribution in [-0.2, 0) is 4.74 Å². The van der Waals surface area contributed by atoms with E-state index in [9.17, 15) is 14.9 Å². The Kier molecular flexibility index (Phi) is 4.50. The number of nitrogens with one attached hydrogen (secondary N) is 1. The highest BCUT2D eigenvalue weighted by Gasteiger charge is 2.40. The maximum Gasteiger partial charge on any atom is 0.337 e. The van der Waals surface area contributed by atoms with Gasteiger partial charge in [-0.15, -0.1) is 0 Å². The summed E-state index contributed by atoms with van der Waals surface area (Å²) in [6.45, 7) is 0. The summed E-state index contributed by atoms with van der Waals surface area (Å²) in [5.74, 6) is 0.375. The van der Waals surface area contributed by atoms with Gasteiger partial charge in [-0.05, 0) is 35.6 Å². The number of fused-ring (bicyclic) bond motifs is 3. The Balaban J connectivity index is 1.76. The molecular weight excluding hydrogens is 360 g/mol. The number of allylic oxidation sites excluding steroid dienone is 2. The van der Waals surface area contributed by atoms with Gasteiger partial charge in [-0.2, -0.15) is 0 Å². The molecule has 2 aromatic carbocycles. The summed E-state index contributed by atoms with van der Waals surface area (Å²) in [7, 11) is 2.87. The highest BCUT2D eigenvalue weighted by Crippen LogP contribution is 2.53. The van der Waals surface area contributed by atoms with Crippen molar-refractivity contribution in [3.8, 4) is 5.75 Å². The molecule has 7 heteroatoms. The molecule has 0 bridgehead atoms. The predicted octanol–water partition coefficient (Wildman–Crippen LogP) is 4.22. The highest BCUT2D eigenvalue weighted by molar-refractivity contribution is 5.89. The number of hydrogen-bond acceptors (Lipinski definition) is 6. The molecule has 0 radical (unpaired) electrons. The van der Waals surface area contributed by atoms with Crippen molar-refractivity contribution in [1.82, 2.24) is 0 Å². The first-order chi connectivity index (χ1) is 13.5. The summed E-state index contributed by atoms with van der Waals surface area (Å²) in [6, 6.07) is 10.4. The van der Waals surface area contributed by atoms with E-state index in [1.165, 1.54) is 20.3 Å². The van der Waals surface area contributed by atoms with Gasteiger partial charge in [0.2, 0.25) is 0 Å². The van der Waals surface area contributed by atoms with Gasteiger partial charge in [-0.3, -0.25) is 10.1 Å². The number of methoxy groups -OCH3 is 2. The third-order valence-corrected chi connectivity index (χ3v) is 5.54. The molecule has 2 aliphatic rings. The summed E-state index contributed by atoms with van der Waals surface area (Å²) in [6.07, 6.45) is 5.10. The maximum absolute atomic E-state index is 11.7. The van der Waals surface area contributed by atoms with Crippen molar-refractivity contribution in [2.75, 3.05) is 19.5 Å².